The first-order chi connectivity index (χ1) is 14.2. The molecule has 2 atom stereocenters. The summed E-state index contributed by atoms with van der Waals surface area (Å²) in [5.41, 5.74) is 3.77. The van der Waals surface area contributed by atoms with E-state index in [1.54, 1.807) is 6.92 Å². The molecule has 1 amide bonds. The molecule has 0 saturated carbocycles. The van der Waals surface area contributed by atoms with Crippen molar-refractivity contribution in [1.29, 1.82) is 0 Å². The van der Waals surface area contributed by atoms with Gasteiger partial charge in [0, 0.05) is 5.69 Å². The molecule has 7 heteroatoms. The molecular weight excluding hydrogens is 398 g/mol. The Kier molecular flexibility index (Phi) is 6.66. The molecule has 3 aromatic carbocycles. The van der Waals surface area contributed by atoms with Gasteiger partial charge in [0.2, 0.25) is 15.9 Å². The van der Waals surface area contributed by atoms with Crippen molar-refractivity contribution in [2.75, 3.05) is 5.32 Å². The molecule has 0 saturated heterocycles. The Morgan fingerprint density at radius 3 is 2.00 bits per heavy atom. The predicted octanol–water partition coefficient (Wildman–Crippen LogP) is 3.35. The molecular formula is C23H25N3O3S. The van der Waals surface area contributed by atoms with Gasteiger partial charge in [-0.05, 0) is 49.2 Å². The average molecular weight is 424 g/mol. The van der Waals surface area contributed by atoms with E-state index in [1.807, 2.05) is 49.4 Å². The zero-order chi connectivity index (χ0) is 21.7. The number of nitrogens with one attached hydrogen (secondary N) is 2. The number of benzene rings is 3. The normalized spacial score (nSPS) is 13.4. The van der Waals surface area contributed by atoms with Crippen LogP contribution in [0.3, 0.4) is 0 Å². The van der Waals surface area contributed by atoms with Crippen molar-refractivity contribution in [3.05, 3.63) is 95.6 Å². The minimum Gasteiger partial charge on any atom is -0.325 e. The molecule has 6 nitrogen and oxygen atoms in total. The molecule has 0 spiro atoms. The standard InChI is InChI=1S/C23H25N3O3S/c1-16-8-10-19(11-9-16)22(18-6-4-3-5-7-18)25-17(2)23(27)26-20-12-14-21(15-13-20)30(24,28)29/h3-15,17,22,25H,1-2H3,(H,26,27)(H2,24,28,29)/t17-,22+/m0/s1. The lowest BCUT2D eigenvalue weighted by Crippen LogP contribution is -2.40. The van der Waals surface area contributed by atoms with Crippen LogP contribution in [0.1, 0.15) is 29.7 Å². The van der Waals surface area contributed by atoms with Crippen molar-refractivity contribution < 1.29 is 13.2 Å². The molecule has 156 valence electrons. The van der Waals surface area contributed by atoms with Crippen LogP contribution in [0.4, 0.5) is 5.69 Å². The molecule has 0 fully saturated rings. The number of sulfonamides is 1. The summed E-state index contributed by atoms with van der Waals surface area (Å²) >= 11 is 0. The molecule has 0 aliphatic heterocycles. The van der Waals surface area contributed by atoms with Crippen LogP contribution in [0.5, 0.6) is 0 Å². The lowest BCUT2D eigenvalue weighted by atomic mass is 9.97. The zero-order valence-electron chi connectivity index (χ0n) is 16.9. The molecule has 0 unspecified atom stereocenters. The van der Waals surface area contributed by atoms with Gasteiger partial charge in [-0.15, -0.1) is 0 Å². The molecule has 0 radical (unpaired) electrons. The maximum atomic E-state index is 12.7. The number of hydrogen-bond acceptors (Lipinski definition) is 4. The van der Waals surface area contributed by atoms with Gasteiger partial charge in [-0.25, -0.2) is 13.6 Å². The van der Waals surface area contributed by atoms with Gasteiger partial charge in [-0.2, -0.15) is 0 Å². The largest absolute Gasteiger partial charge is 0.325 e. The van der Waals surface area contributed by atoms with E-state index in [-0.39, 0.29) is 16.8 Å². The molecule has 3 aromatic rings. The smallest absolute Gasteiger partial charge is 0.241 e. The van der Waals surface area contributed by atoms with Crippen LogP contribution in [0.25, 0.3) is 0 Å². The minimum absolute atomic E-state index is 0.00446. The maximum Gasteiger partial charge on any atom is 0.241 e. The van der Waals surface area contributed by atoms with Gasteiger partial charge in [-0.3, -0.25) is 10.1 Å². The van der Waals surface area contributed by atoms with E-state index in [9.17, 15) is 13.2 Å². The van der Waals surface area contributed by atoms with E-state index in [0.717, 1.165) is 11.1 Å². The van der Waals surface area contributed by atoms with Crippen molar-refractivity contribution >= 4 is 21.6 Å². The molecule has 4 N–H and O–H groups in total. The number of aryl methyl sites for hydroxylation is 1. The number of carbonyl (C=O) groups is 1. The summed E-state index contributed by atoms with van der Waals surface area (Å²) in [6.45, 7) is 3.82. The first-order valence-electron chi connectivity index (χ1n) is 9.55. The summed E-state index contributed by atoms with van der Waals surface area (Å²) in [5, 5.41) is 11.3. The Hall–Kier alpha value is -3.00. The molecule has 0 heterocycles. The van der Waals surface area contributed by atoms with Crippen LogP contribution in [-0.2, 0) is 14.8 Å². The van der Waals surface area contributed by atoms with E-state index < -0.39 is 16.1 Å². The highest BCUT2D eigenvalue weighted by Gasteiger charge is 2.21. The van der Waals surface area contributed by atoms with Crippen molar-refractivity contribution in [1.82, 2.24) is 5.32 Å². The van der Waals surface area contributed by atoms with E-state index >= 15 is 0 Å². The number of hydrogen-bond donors (Lipinski definition) is 3. The lowest BCUT2D eigenvalue weighted by Gasteiger charge is -2.24. The molecule has 0 aliphatic rings. The van der Waals surface area contributed by atoms with Crippen LogP contribution in [0, 0.1) is 6.92 Å². The molecule has 3 rings (SSSR count). The first kappa shape index (κ1) is 21.7. The quantitative estimate of drug-likeness (QED) is 0.542. The highest BCUT2D eigenvalue weighted by Crippen LogP contribution is 2.23. The zero-order valence-corrected chi connectivity index (χ0v) is 17.7. The van der Waals surface area contributed by atoms with Crippen LogP contribution < -0.4 is 15.8 Å². The third-order valence-electron chi connectivity index (χ3n) is 4.80. The summed E-state index contributed by atoms with van der Waals surface area (Å²) in [6, 6.07) is 23.2. The number of anilines is 1. The fourth-order valence-corrected chi connectivity index (χ4v) is 3.61. The Morgan fingerprint density at radius 1 is 0.867 bits per heavy atom. The topological polar surface area (TPSA) is 101 Å². The molecule has 30 heavy (non-hydrogen) atoms. The summed E-state index contributed by atoms with van der Waals surface area (Å²) < 4.78 is 22.7. The van der Waals surface area contributed by atoms with Gasteiger partial charge in [0.15, 0.2) is 0 Å². The number of primary sulfonamides is 1. The van der Waals surface area contributed by atoms with Gasteiger partial charge < -0.3 is 5.32 Å². The number of nitrogens with two attached hydrogens (primary N) is 1. The second-order valence-electron chi connectivity index (χ2n) is 7.20. The molecule has 0 bridgehead atoms. The molecule has 0 aromatic heterocycles. The minimum atomic E-state index is -3.77. The summed E-state index contributed by atoms with van der Waals surface area (Å²) in [6.07, 6.45) is 0. The van der Waals surface area contributed by atoms with Gasteiger partial charge in [-0.1, -0.05) is 60.2 Å². The fourth-order valence-electron chi connectivity index (χ4n) is 3.09. The van der Waals surface area contributed by atoms with Gasteiger partial charge >= 0.3 is 0 Å². The van der Waals surface area contributed by atoms with Gasteiger partial charge in [0.05, 0.1) is 17.0 Å². The third-order valence-corrected chi connectivity index (χ3v) is 5.73. The maximum absolute atomic E-state index is 12.7. The molecule has 0 aliphatic carbocycles. The monoisotopic (exact) mass is 423 g/mol. The highest BCUT2D eigenvalue weighted by molar-refractivity contribution is 7.89. The van der Waals surface area contributed by atoms with E-state index in [4.69, 9.17) is 5.14 Å². The summed E-state index contributed by atoms with van der Waals surface area (Å²) in [7, 11) is -3.77. The predicted molar refractivity (Wildman–Crippen MR) is 119 cm³/mol. The average Bonchev–Trinajstić information content (AvgIpc) is 2.73. The number of carbonyl (C=O) groups excluding carboxylic acids is 1. The highest BCUT2D eigenvalue weighted by atomic mass is 32.2. The Morgan fingerprint density at radius 2 is 1.43 bits per heavy atom. The van der Waals surface area contributed by atoms with Crippen molar-refractivity contribution in [2.45, 2.75) is 30.8 Å². The van der Waals surface area contributed by atoms with Crippen molar-refractivity contribution in [3.63, 3.8) is 0 Å². The van der Waals surface area contributed by atoms with E-state index in [0.29, 0.717) is 5.69 Å². The van der Waals surface area contributed by atoms with E-state index in [2.05, 4.69) is 22.8 Å². The van der Waals surface area contributed by atoms with Crippen LogP contribution in [0.15, 0.2) is 83.8 Å². The summed E-state index contributed by atoms with van der Waals surface area (Å²) in [5.74, 6) is -0.230. The fraction of sp³-hybridized carbons (Fsp3) is 0.174. The number of amides is 1. The second kappa shape index (κ2) is 9.21. The van der Waals surface area contributed by atoms with Gasteiger partial charge in [0.1, 0.15) is 0 Å². The lowest BCUT2D eigenvalue weighted by molar-refractivity contribution is -0.117. The van der Waals surface area contributed by atoms with Crippen LogP contribution in [-0.4, -0.2) is 20.4 Å². The van der Waals surface area contributed by atoms with Gasteiger partial charge in [0.25, 0.3) is 0 Å². The Bertz CT molecular complexity index is 1100. The number of rotatable bonds is 7. The third kappa shape index (κ3) is 5.54. The Balaban J connectivity index is 1.75. The van der Waals surface area contributed by atoms with Crippen LogP contribution >= 0.6 is 0 Å². The van der Waals surface area contributed by atoms with Crippen molar-refractivity contribution in [3.8, 4) is 0 Å². The second-order valence-corrected chi connectivity index (χ2v) is 8.76. The first-order valence-corrected chi connectivity index (χ1v) is 11.1. The Labute approximate surface area is 177 Å². The SMILES string of the molecule is Cc1ccc([C@H](N[C@@H](C)C(=O)Nc2ccc(S(N)(=O)=O)cc2)c2ccccc2)cc1. The van der Waals surface area contributed by atoms with Crippen LogP contribution in [0.2, 0.25) is 0 Å². The van der Waals surface area contributed by atoms with E-state index in [1.165, 1.54) is 29.8 Å². The van der Waals surface area contributed by atoms with Crippen molar-refractivity contribution in [2.24, 2.45) is 5.14 Å². The summed E-state index contributed by atoms with van der Waals surface area (Å²) in [4.78, 5) is 12.7.